The highest BCUT2D eigenvalue weighted by atomic mass is 35.5. The van der Waals surface area contributed by atoms with E-state index in [1.165, 1.54) is 0 Å². The van der Waals surface area contributed by atoms with Crippen LogP contribution in [0.1, 0.15) is 30.5 Å². The van der Waals surface area contributed by atoms with Crippen LogP contribution in [0.15, 0.2) is 71.1 Å². The van der Waals surface area contributed by atoms with E-state index in [1.807, 2.05) is 56.3 Å². The predicted molar refractivity (Wildman–Crippen MR) is 128 cm³/mol. The van der Waals surface area contributed by atoms with Crippen molar-refractivity contribution in [1.82, 2.24) is 0 Å². The zero-order chi connectivity index (χ0) is 23.1. The Hall–Kier alpha value is -3.28. The fourth-order valence-corrected chi connectivity index (χ4v) is 3.66. The first kappa shape index (κ1) is 23.4. The molecule has 0 saturated carbocycles. The Bertz CT molecular complexity index is 1220. The molecule has 4 aromatic rings. The van der Waals surface area contributed by atoms with E-state index in [9.17, 15) is 4.79 Å². The molecule has 3 aromatic carbocycles. The minimum Gasteiger partial charge on any atom is -0.489 e. The van der Waals surface area contributed by atoms with Gasteiger partial charge in [-0.05, 0) is 52.6 Å². The summed E-state index contributed by atoms with van der Waals surface area (Å²) in [5.74, 6) is -0.348. The second-order valence-corrected chi connectivity index (χ2v) is 7.36. The molecule has 0 aliphatic heterocycles. The number of rotatable bonds is 7. The summed E-state index contributed by atoms with van der Waals surface area (Å²) in [6.45, 7) is 4.72. The quantitative estimate of drug-likeness (QED) is 0.337. The molecule has 0 atom stereocenters. The first-order chi connectivity index (χ1) is 15.5. The third kappa shape index (κ3) is 5.49. The zero-order valence-corrected chi connectivity index (χ0v) is 18.9. The van der Waals surface area contributed by atoms with Gasteiger partial charge in [0, 0.05) is 29.1 Å². The average Bonchev–Trinajstić information content (AvgIpc) is 3.19. The van der Waals surface area contributed by atoms with Crippen LogP contribution in [0.5, 0.6) is 5.75 Å². The Balaban J connectivity index is 0.00000141. The van der Waals surface area contributed by atoms with Crippen molar-refractivity contribution in [3.8, 4) is 16.9 Å². The SMILES string of the molecule is CC.NCc1cccc(-c2cc(COc3ccccc3CC(=O)O)cc3cc(Cl)oc23)c1. The van der Waals surface area contributed by atoms with Gasteiger partial charge < -0.3 is 20.0 Å². The van der Waals surface area contributed by atoms with Crippen molar-refractivity contribution in [3.05, 3.63) is 88.6 Å². The minimum atomic E-state index is -0.900. The summed E-state index contributed by atoms with van der Waals surface area (Å²) in [5, 5.41) is 10.3. The molecule has 4 rings (SSSR count). The number of aliphatic carboxylic acids is 1. The molecule has 1 aromatic heterocycles. The summed E-state index contributed by atoms with van der Waals surface area (Å²) in [6.07, 6.45) is -0.0936. The molecule has 0 fully saturated rings. The zero-order valence-electron chi connectivity index (χ0n) is 18.1. The number of nitrogens with two attached hydrogens (primary N) is 1. The van der Waals surface area contributed by atoms with E-state index in [2.05, 4.69) is 0 Å². The van der Waals surface area contributed by atoms with Crippen LogP contribution < -0.4 is 10.5 Å². The van der Waals surface area contributed by atoms with Gasteiger partial charge >= 0.3 is 5.97 Å². The van der Waals surface area contributed by atoms with Crippen LogP contribution in [0, 0.1) is 0 Å². The molecule has 0 saturated heterocycles. The van der Waals surface area contributed by atoms with E-state index in [4.69, 9.17) is 31.6 Å². The molecule has 6 heteroatoms. The highest BCUT2D eigenvalue weighted by Gasteiger charge is 2.13. The van der Waals surface area contributed by atoms with Crippen molar-refractivity contribution >= 4 is 28.5 Å². The molecule has 0 aliphatic carbocycles. The molecule has 166 valence electrons. The lowest BCUT2D eigenvalue weighted by Gasteiger charge is -2.12. The van der Waals surface area contributed by atoms with E-state index < -0.39 is 5.97 Å². The number of benzene rings is 3. The Labute approximate surface area is 192 Å². The van der Waals surface area contributed by atoms with Crippen LogP contribution >= 0.6 is 11.6 Å². The Kier molecular flexibility index (Phi) is 7.92. The molecule has 0 radical (unpaired) electrons. The molecule has 0 bridgehead atoms. The Morgan fingerprint density at radius 3 is 2.56 bits per heavy atom. The number of halogens is 1. The van der Waals surface area contributed by atoms with Crippen molar-refractivity contribution in [2.24, 2.45) is 5.73 Å². The van der Waals surface area contributed by atoms with Gasteiger partial charge in [-0.3, -0.25) is 4.79 Å². The van der Waals surface area contributed by atoms with E-state index in [0.29, 0.717) is 28.7 Å². The Morgan fingerprint density at radius 2 is 1.81 bits per heavy atom. The number of carboxylic acids is 1. The minimum absolute atomic E-state index is 0.0936. The molecular formula is C26H26ClNO4. The van der Waals surface area contributed by atoms with Gasteiger partial charge in [-0.15, -0.1) is 0 Å². The second-order valence-electron chi connectivity index (χ2n) is 6.98. The number of fused-ring (bicyclic) bond motifs is 1. The summed E-state index contributed by atoms with van der Waals surface area (Å²) >= 11 is 6.12. The monoisotopic (exact) mass is 451 g/mol. The largest absolute Gasteiger partial charge is 0.489 e. The van der Waals surface area contributed by atoms with E-state index in [0.717, 1.165) is 27.6 Å². The molecular weight excluding hydrogens is 426 g/mol. The van der Waals surface area contributed by atoms with Gasteiger partial charge in [-0.25, -0.2) is 0 Å². The first-order valence-electron chi connectivity index (χ1n) is 10.5. The number of ether oxygens (including phenoxy) is 1. The summed E-state index contributed by atoms with van der Waals surface area (Å²) in [5.41, 5.74) is 10.9. The molecule has 0 unspecified atom stereocenters. The fraction of sp³-hybridized carbons (Fsp3) is 0.192. The highest BCUT2D eigenvalue weighted by molar-refractivity contribution is 6.30. The van der Waals surface area contributed by atoms with Crippen molar-refractivity contribution < 1.29 is 19.1 Å². The molecule has 32 heavy (non-hydrogen) atoms. The van der Waals surface area contributed by atoms with Crippen molar-refractivity contribution in [2.45, 2.75) is 33.4 Å². The normalized spacial score (nSPS) is 10.5. The van der Waals surface area contributed by atoms with Gasteiger partial charge in [0.15, 0.2) is 5.22 Å². The van der Waals surface area contributed by atoms with Crippen molar-refractivity contribution in [2.75, 3.05) is 0 Å². The van der Waals surface area contributed by atoms with Gasteiger partial charge in [-0.2, -0.15) is 0 Å². The second kappa shape index (κ2) is 10.8. The molecule has 0 amide bonds. The number of furan rings is 1. The van der Waals surface area contributed by atoms with Crippen LogP contribution in [0.2, 0.25) is 5.22 Å². The maximum absolute atomic E-state index is 11.1. The van der Waals surface area contributed by atoms with Gasteiger partial charge in [0.05, 0.1) is 6.42 Å². The smallest absolute Gasteiger partial charge is 0.307 e. The summed E-state index contributed by atoms with van der Waals surface area (Å²) < 4.78 is 11.7. The van der Waals surface area contributed by atoms with Crippen molar-refractivity contribution in [1.29, 1.82) is 0 Å². The standard InChI is InChI=1S/C24H20ClNO4.C2H6/c25-22-11-19-9-16(14-29-21-7-2-1-5-18(21)12-23(27)28)10-20(24(19)30-22)17-6-3-4-15(8-17)13-26;1-2/h1-11H,12-14,26H2,(H,27,28);1-2H3. The average molecular weight is 452 g/mol. The van der Waals surface area contributed by atoms with Crippen molar-refractivity contribution in [3.63, 3.8) is 0 Å². The van der Waals surface area contributed by atoms with Crippen LogP contribution in [-0.4, -0.2) is 11.1 Å². The van der Waals surface area contributed by atoms with Gasteiger partial charge in [0.1, 0.15) is 17.9 Å². The number of carbonyl (C=O) groups is 1. The maximum Gasteiger partial charge on any atom is 0.307 e. The third-order valence-corrected chi connectivity index (χ3v) is 5.01. The van der Waals surface area contributed by atoms with Crippen LogP contribution in [0.25, 0.3) is 22.1 Å². The number of hydrogen-bond acceptors (Lipinski definition) is 4. The molecule has 0 spiro atoms. The van der Waals surface area contributed by atoms with Gasteiger partial charge in [-0.1, -0.05) is 50.2 Å². The highest BCUT2D eigenvalue weighted by Crippen LogP contribution is 2.35. The molecule has 1 heterocycles. The number of hydrogen-bond donors (Lipinski definition) is 2. The lowest BCUT2D eigenvalue weighted by molar-refractivity contribution is -0.136. The molecule has 5 nitrogen and oxygen atoms in total. The van der Waals surface area contributed by atoms with E-state index in [1.54, 1.807) is 24.3 Å². The summed E-state index contributed by atoms with van der Waals surface area (Å²) in [6, 6.07) is 20.8. The molecule has 0 aliphatic rings. The lowest BCUT2D eigenvalue weighted by Crippen LogP contribution is -2.04. The predicted octanol–water partition coefficient (Wildman–Crippen LogP) is 6.44. The summed E-state index contributed by atoms with van der Waals surface area (Å²) in [4.78, 5) is 11.1. The van der Waals surface area contributed by atoms with Crippen LogP contribution in [-0.2, 0) is 24.4 Å². The van der Waals surface area contributed by atoms with Gasteiger partial charge in [0.2, 0.25) is 0 Å². The summed E-state index contributed by atoms with van der Waals surface area (Å²) in [7, 11) is 0. The van der Waals surface area contributed by atoms with Crippen LogP contribution in [0.4, 0.5) is 0 Å². The van der Waals surface area contributed by atoms with Crippen LogP contribution in [0.3, 0.4) is 0 Å². The maximum atomic E-state index is 11.1. The number of para-hydroxylation sites is 1. The molecule has 3 N–H and O–H groups in total. The third-order valence-electron chi connectivity index (χ3n) is 4.83. The fourth-order valence-electron chi connectivity index (χ4n) is 3.46. The van der Waals surface area contributed by atoms with E-state index in [-0.39, 0.29) is 13.0 Å². The lowest BCUT2D eigenvalue weighted by atomic mass is 9.99. The Morgan fingerprint density at radius 1 is 1.03 bits per heavy atom. The van der Waals surface area contributed by atoms with E-state index >= 15 is 0 Å². The van der Waals surface area contributed by atoms with Gasteiger partial charge in [0.25, 0.3) is 0 Å². The first-order valence-corrected chi connectivity index (χ1v) is 10.8. The topological polar surface area (TPSA) is 85.7 Å². The number of carboxylic acid groups (broad SMARTS) is 1.